The number of nitrogens with two attached hydrogens (primary N) is 1. The van der Waals surface area contributed by atoms with Gasteiger partial charge in [-0.1, -0.05) is 6.92 Å². The second kappa shape index (κ2) is 6.16. The van der Waals surface area contributed by atoms with Crippen molar-refractivity contribution in [3.05, 3.63) is 11.4 Å². The van der Waals surface area contributed by atoms with Crippen LogP contribution in [0.2, 0.25) is 0 Å². The first-order valence-corrected chi connectivity index (χ1v) is 6.92. The molecular formula is C13H23N5O. The van der Waals surface area contributed by atoms with Crippen LogP contribution >= 0.6 is 0 Å². The standard InChI is InChI=1S/C13H23N5O/c1-3-6-18(7-8-19)13-9(2)11(17-14)15-12(16-13)10-4-5-10/h10,19H,3-8,14H2,1-2H3,(H,15,16,17). The first kappa shape index (κ1) is 14.0. The average Bonchev–Trinajstić information content (AvgIpc) is 3.23. The zero-order chi connectivity index (χ0) is 13.8. The van der Waals surface area contributed by atoms with Crippen molar-refractivity contribution in [2.45, 2.75) is 39.0 Å². The van der Waals surface area contributed by atoms with Crippen molar-refractivity contribution < 1.29 is 5.11 Å². The van der Waals surface area contributed by atoms with Crippen LogP contribution in [0.15, 0.2) is 0 Å². The number of nitrogens with one attached hydrogen (secondary N) is 1. The fraction of sp³-hybridized carbons (Fsp3) is 0.692. The van der Waals surface area contributed by atoms with E-state index in [4.69, 9.17) is 5.84 Å². The quantitative estimate of drug-likeness (QED) is 0.506. The highest BCUT2D eigenvalue weighted by Crippen LogP contribution is 2.39. The van der Waals surface area contributed by atoms with E-state index in [1.807, 2.05) is 6.92 Å². The molecule has 0 aliphatic heterocycles. The summed E-state index contributed by atoms with van der Waals surface area (Å²) in [7, 11) is 0. The van der Waals surface area contributed by atoms with Crippen LogP contribution in [0.5, 0.6) is 0 Å². The van der Waals surface area contributed by atoms with Gasteiger partial charge in [-0.15, -0.1) is 0 Å². The van der Waals surface area contributed by atoms with Crippen LogP contribution in [0.4, 0.5) is 11.6 Å². The number of hydrogen-bond acceptors (Lipinski definition) is 6. The molecule has 4 N–H and O–H groups in total. The van der Waals surface area contributed by atoms with Gasteiger partial charge in [0, 0.05) is 24.6 Å². The van der Waals surface area contributed by atoms with Crippen molar-refractivity contribution in [1.82, 2.24) is 9.97 Å². The maximum Gasteiger partial charge on any atom is 0.148 e. The summed E-state index contributed by atoms with van der Waals surface area (Å²) >= 11 is 0. The van der Waals surface area contributed by atoms with Crippen LogP contribution in [0.3, 0.4) is 0 Å². The molecule has 0 radical (unpaired) electrons. The number of rotatable bonds is 7. The summed E-state index contributed by atoms with van der Waals surface area (Å²) in [5.74, 6) is 8.47. The third-order valence-electron chi connectivity index (χ3n) is 3.38. The monoisotopic (exact) mass is 265 g/mol. The number of nitrogens with zero attached hydrogens (tertiary/aromatic N) is 3. The summed E-state index contributed by atoms with van der Waals surface area (Å²) in [6.45, 7) is 5.64. The van der Waals surface area contributed by atoms with Gasteiger partial charge in [-0.2, -0.15) is 0 Å². The minimum Gasteiger partial charge on any atom is -0.395 e. The van der Waals surface area contributed by atoms with E-state index in [-0.39, 0.29) is 6.61 Å². The summed E-state index contributed by atoms with van der Waals surface area (Å²) in [6.07, 6.45) is 3.31. The molecule has 106 valence electrons. The summed E-state index contributed by atoms with van der Waals surface area (Å²) in [5, 5.41) is 9.21. The molecule has 6 heteroatoms. The van der Waals surface area contributed by atoms with E-state index in [1.54, 1.807) is 0 Å². The van der Waals surface area contributed by atoms with Crippen LogP contribution in [-0.2, 0) is 0 Å². The van der Waals surface area contributed by atoms with Gasteiger partial charge in [-0.25, -0.2) is 15.8 Å². The first-order chi connectivity index (χ1) is 9.21. The number of nitrogen functional groups attached to an aromatic ring is 1. The molecule has 2 rings (SSSR count). The highest BCUT2D eigenvalue weighted by molar-refractivity contribution is 5.58. The molecule has 0 amide bonds. The van der Waals surface area contributed by atoms with Crippen LogP contribution in [0, 0.1) is 6.92 Å². The summed E-state index contributed by atoms with van der Waals surface area (Å²) < 4.78 is 0. The van der Waals surface area contributed by atoms with E-state index in [9.17, 15) is 5.11 Å². The van der Waals surface area contributed by atoms with E-state index in [2.05, 4.69) is 27.2 Å². The van der Waals surface area contributed by atoms with Gasteiger partial charge in [-0.05, 0) is 26.2 Å². The second-order valence-corrected chi connectivity index (χ2v) is 5.01. The summed E-state index contributed by atoms with van der Waals surface area (Å²) in [4.78, 5) is 11.3. The normalized spacial score (nSPS) is 14.5. The van der Waals surface area contributed by atoms with Crippen LogP contribution in [-0.4, -0.2) is 34.8 Å². The van der Waals surface area contributed by atoms with Crippen molar-refractivity contribution in [2.75, 3.05) is 30.0 Å². The van der Waals surface area contributed by atoms with Gasteiger partial charge in [0.05, 0.1) is 6.61 Å². The topological polar surface area (TPSA) is 87.3 Å². The number of aliphatic hydroxyl groups is 1. The SMILES string of the molecule is CCCN(CCO)c1nc(C2CC2)nc(NN)c1C. The fourth-order valence-electron chi connectivity index (χ4n) is 2.21. The zero-order valence-corrected chi connectivity index (χ0v) is 11.7. The van der Waals surface area contributed by atoms with Crippen LogP contribution < -0.4 is 16.2 Å². The zero-order valence-electron chi connectivity index (χ0n) is 11.7. The highest BCUT2D eigenvalue weighted by atomic mass is 16.3. The molecule has 1 saturated carbocycles. The Bertz CT molecular complexity index is 427. The predicted octanol–water partition coefficient (Wildman–Crippen LogP) is 1.16. The molecule has 1 fully saturated rings. The van der Waals surface area contributed by atoms with Gasteiger partial charge in [-0.3, -0.25) is 0 Å². The van der Waals surface area contributed by atoms with E-state index >= 15 is 0 Å². The number of aliphatic hydroxyl groups excluding tert-OH is 1. The summed E-state index contributed by atoms with van der Waals surface area (Å²) in [6, 6.07) is 0. The lowest BCUT2D eigenvalue weighted by Gasteiger charge is -2.25. The second-order valence-electron chi connectivity index (χ2n) is 5.01. The van der Waals surface area contributed by atoms with E-state index in [0.29, 0.717) is 18.3 Å². The largest absolute Gasteiger partial charge is 0.395 e. The Hall–Kier alpha value is -1.40. The number of anilines is 2. The Morgan fingerprint density at radius 1 is 1.37 bits per heavy atom. The van der Waals surface area contributed by atoms with Gasteiger partial charge in [0.25, 0.3) is 0 Å². The van der Waals surface area contributed by atoms with Gasteiger partial charge >= 0.3 is 0 Å². The Morgan fingerprint density at radius 3 is 2.63 bits per heavy atom. The minimum absolute atomic E-state index is 0.119. The lowest BCUT2D eigenvalue weighted by molar-refractivity contribution is 0.301. The lowest BCUT2D eigenvalue weighted by atomic mass is 10.2. The van der Waals surface area contributed by atoms with Gasteiger partial charge in [0.1, 0.15) is 17.5 Å². The van der Waals surface area contributed by atoms with Gasteiger partial charge < -0.3 is 15.4 Å². The minimum atomic E-state index is 0.119. The van der Waals surface area contributed by atoms with Crippen LogP contribution in [0.1, 0.15) is 43.5 Å². The molecule has 0 atom stereocenters. The molecule has 1 aliphatic carbocycles. The average molecular weight is 265 g/mol. The molecule has 1 aromatic heterocycles. The van der Waals surface area contributed by atoms with Crippen molar-refractivity contribution >= 4 is 11.6 Å². The fourth-order valence-corrected chi connectivity index (χ4v) is 2.21. The smallest absolute Gasteiger partial charge is 0.148 e. The predicted molar refractivity (Wildman–Crippen MR) is 76.1 cm³/mol. The summed E-state index contributed by atoms with van der Waals surface area (Å²) in [5.41, 5.74) is 3.60. The molecule has 0 saturated heterocycles. The number of hydrogen-bond donors (Lipinski definition) is 3. The molecule has 1 aliphatic rings. The Kier molecular flexibility index (Phi) is 4.55. The molecule has 1 heterocycles. The maximum atomic E-state index is 9.21. The molecule has 0 spiro atoms. The third kappa shape index (κ3) is 3.13. The van der Waals surface area contributed by atoms with Crippen molar-refractivity contribution in [2.24, 2.45) is 5.84 Å². The van der Waals surface area contributed by atoms with Gasteiger partial charge in [0.15, 0.2) is 0 Å². The van der Waals surface area contributed by atoms with Gasteiger partial charge in [0.2, 0.25) is 0 Å². The molecule has 0 aromatic carbocycles. The molecule has 0 bridgehead atoms. The van der Waals surface area contributed by atoms with Crippen molar-refractivity contribution in [3.63, 3.8) is 0 Å². The van der Waals surface area contributed by atoms with E-state index < -0.39 is 0 Å². The molecule has 1 aromatic rings. The number of aromatic nitrogens is 2. The Balaban J connectivity index is 2.37. The first-order valence-electron chi connectivity index (χ1n) is 6.92. The molecule has 19 heavy (non-hydrogen) atoms. The van der Waals surface area contributed by atoms with E-state index in [0.717, 1.165) is 43.0 Å². The Labute approximate surface area is 114 Å². The molecule has 6 nitrogen and oxygen atoms in total. The van der Waals surface area contributed by atoms with Crippen LogP contribution in [0.25, 0.3) is 0 Å². The number of hydrazine groups is 1. The maximum absolute atomic E-state index is 9.21. The third-order valence-corrected chi connectivity index (χ3v) is 3.38. The Morgan fingerprint density at radius 2 is 2.11 bits per heavy atom. The molecular weight excluding hydrogens is 242 g/mol. The highest BCUT2D eigenvalue weighted by Gasteiger charge is 2.29. The van der Waals surface area contributed by atoms with Crippen molar-refractivity contribution in [3.8, 4) is 0 Å². The van der Waals surface area contributed by atoms with E-state index in [1.165, 1.54) is 0 Å². The lowest BCUT2D eigenvalue weighted by Crippen LogP contribution is -2.30. The van der Waals surface area contributed by atoms with Crippen molar-refractivity contribution in [1.29, 1.82) is 0 Å². The molecule has 0 unspecified atom stereocenters.